The molecule has 118 valence electrons. The van der Waals surface area contributed by atoms with Crippen LogP contribution in [0.4, 0.5) is 17.1 Å². The van der Waals surface area contributed by atoms with Crippen LogP contribution >= 0.6 is 0 Å². The summed E-state index contributed by atoms with van der Waals surface area (Å²) in [6.45, 7) is 0. The second-order valence-electron chi connectivity index (χ2n) is 4.80. The highest BCUT2D eigenvalue weighted by Crippen LogP contribution is 2.29. The number of hydrogen-bond donors (Lipinski definition) is 1. The van der Waals surface area contributed by atoms with Gasteiger partial charge in [0.25, 0.3) is 5.69 Å². The Morgan fingerprint density at radius 1 is 1.17 bits per heavy atom. The van der Waals surface area contributed by atoms with E-state index in [0.29, 0.717) is 23.5 Å². The van der Waals surface area contributed by atoms with E-state index in [-0.39, 0.29) is 11.4 Å². The number of non-ortho nitro benzene ring substituents is 1. The molecule has 0 bridgehead atoms. The van der Waals surface area contributed by atoms with Crippen LogP contribution in [0.1, 0.15) is 24.2 Å². The van der Waals surface area contributed by atoms with E-state index in [1.54, 1.807) is 0 Å². The lowest BCUT2D eigenvalue weighted by molar-refractivity contribution is -0.393. The Labute approximate surface area is 128 Å². The monoisotopic (exact) mass is 318 g/mol. The maximum absolute atomic E-state index is 11.1. The van der Waals surface area contributed by atoms with Crippen molar-refractivity contribution in [2.75, 3.05) is 5.43 Å². The maximum Gasteiger partial charge on any atom is 0.301 e. The Hall–Kier alpha value is -3.37. The van der Waals surface area contributed by atoms with Gasteiger partial charge in [-0.05, 0) is 30.5 Å². The quantitative estimate of drug-likeness (QED) is 0.664. The molecule has 23 heavy (non-hydrogen) atoms. The van der Waals surface area contributed by atoms with Crippen LogP contribution in [0.3, 0.4) is 0 Å². The number of fused-ring (bicyclic) bond motifs is 1. The Kier molecular flexibility index (Phi) is 3.66. The van der Waals surface area contributed by atoms with Crippen LogP contribution in [-0.4, -0.2) is 25.9 Å². The zero-order valence-corrected chi connectivity index (χ0v) is 11.6. The average Bonchev–Trinajstić information content (AvgIpc) is 3.01. The van der Waals surface area contributed by atoms with Gasteiger partial charge in [-0.3, -0.25) is 25.7 Å². The molecule has 3 rings (SSSR count). The van der Waals surface area contributed by atoms with Crippen LogP contribution < -0.4 is 5.43 Å². The molecule has 2 aromatic rings. The summed E-state index contributed by atoms with van der Waals surface area (Å²) in [4.78, 5) is 20.4. The summed E-state index contributed by atoms with van der Waals surface area (Å²) < 4.78 is 4.66. The minimum Gasteiger partial charge on any atom is -0.271 e. The van der Waals surface area contributed by atoms with Gasteiger partial charge in [0.05, 0.1) is 21.6 Å². The second-order valence-corrected chi connectivity index (χ2v) is 4.80. The number of benzene rings is 1. The van der Waals surface area contributed by atoms with Gasteiger partial charge in [-0.1, -0.05) is 5.16 Å². The molecule has 0 fully saturated rings. The first kappa shape index (κ1) is 14.6. The number of anilines is 1. The molecule has 0 radical (unpaired) electrons. The highest BCUT2D eigenvalue weighted by atomic mass is 16.6. The fraction of sp³-hybridized carbons (Fsp3) is 0.250. The maximum atomic E-state index is 11.1. The van der Waals surface area contributed by atoms with Crippen molar-refractivity contribution in [1.29, 1.82) is 0 Å². The van der Waals surface area contributed by atoms with Gasteiger partial charge in [-0.15, -0.1) is 0 Å². The predicted molar refractivity (Wildman–Crippen MR) is 77.1 cm³/mol. The topological polar surface area (TPSA) is 150 Å². The lowest BCUT2D eigenvalue weighted by Gasteiger charge is -2.10. The second kappa shape index (κ2) is 5.79. The van der Waals surface area contributed by atoms with Gasteiger partial charge in [0.15, 0.2) is 5.69 Å². The fourth-order valence-electron chi connectivity index (χ4n) is 2.25. The van der Waals surface area contributed by atoms with Crippen LogP contribution in [0.2, 0.25) is 0 Å². The van der Waals surface area contributed by atoms with Crippen molar-refractivity contribution >= 4 is 22.8 Å². The molecule has 0 aliphatic heterocycles. The van der Waals surface area contributed by atoms with Crippen molar-refractivity contribution in [1.82, 2.24) is 10.3 Å². The van der Waals surface area contributed by atoms with Gasteiger partial charge < -0.3 is 0 Å². The van der Waals surface area contributed by atoms with E-state index in [2.05, 4.69) is 25.5 Å². The Morgan fingerprint density at radius 2 is 2.00 bits per heavy atom. The van der Waals surface area contributed by atoms with Gasteiger partial charge in [-0.25, -0.2) is 4.63 Å². The number of nitro benzene ring substituents is 2. The number of nitro groups is 2. The number of rotatable bonds is 4. The smallest absolute Gasteiger partial charge is 0.271 e. The molecule has 1 heterocycles. The molecule has 0 atom stereocenters. The largest absolute Gasteiger partial charge is 0.301 e. The Bertz CT molecular complexity index is 814. The van der Waals surface area contributed by atoms with Gasteiger partial charge >= 0.3 is 5.69 Å². The highest BCUT2D eigenvalue weighted by molar-refractivity contribution is 6.00. The van der Waals surface area contributed by atoms with E-state index in [9.17, 15) is 20.2 Å². The van der Waals surface area contributed by atoms with Crippen molar-refractivity contribution in [2.24, 2.45) is 5.10 Å². The first-order valence-corrected chi connectivity index (χ1v) is 6.63. The van der Waals surface area contributed by atoms with Crippen LogP contribution in [0.15, 0.2) is 27.9 Å². The SMILES string of the molecule is O=[N+]([O-])c1ccc(N/N=C2\CCCc3nonc32)c([N+](=O)[O-])c1. The average molecular weight is 318 g/mol. The van der Waals surface area contributed by atoms with Crippen molar-refractivity contribution in [2.45, 2.75) is 19.3 Å². The number of nitrogens with zero attached hydrogens (tertiary/aromatic N) is 5. The summed E-state index contributed by atoms with van der Waals surface area (Å²) in [5.74, 6) is 0. The predicted octanol–water partition coefficient (Wildman–Crippen LogP) is 2.04. The van der Waals surface area contributed by atoms with Crippen LogP contribution in [0, 0.1) is 20.2 Å². The minimum atomic E-state index is -0.709. The number of aromatic nitrogens is 2. The fourth-order valence-corrected chi connectivity index (χ4v) is 2.25. The molecule has 11 nitrogen and oxygen atoms in total. The molecule has 0 amide bonds. The third-order valence-electron chi connectivity index (χ3n) is 3.36. The van der Waals surface area contributed by atoms with Gasteiger partial charge in [0.2, 0.25) is 0 Å². The van der Waals surface area contributed by atoms with Crippen LogP contribution in [0.25, 0.3) is 0 Å². The van der Waals surface area contributed by atoms with E-state index in [4.69, 9.17) is 0 Å². The molecular weight excluding hydrogens is 308 g/mol. The Morgan fingerprint density at radius 3 is 2.74 bits per heavy atom. The van der Waals surface area contributed by atoms with E-state index in [1.165, 1.54) is 12.1 Å². The van der Waals surface area contributed by atoms with E-state index >= 15 is 0 Å². The lowest BCUT2D eigenvalue weighted by atomic mass is 9.99. The standard InChI is InChI=1S/C12H10N6O5/c19-17(20)7-4-5-8(11(6-7)18(21)22)13-14-9-2-1-3-10-12(9)16-23-15-10/h4-6,13H,1-3H2/b14-9+. The van der Waals surface area contributed by atoms with Gasteiger partial charge in [-0.2, -0.15) is 5.10 Å². The lowest BCUT2D eigenvalue weighted by Crippen LogP contribution is -2.13. The van der Waals surface area contributed by atoms with Crippen molar-refractivity contribution in [3.63, 3.8) is 0 Å². The van der Waals surface area contributed by atoms with Gasteiger partial charge in [0, 0.05) is 6.07 Å². The number of aryl methyl sites for hydroxylation is 1. The normalized spacial score (nSPS) is 15.2. The Balaban J connectivity index is 1.91. The molecule has 1 aliphatic rings. The molecule has 1 aromatic carbocycles. The first-order valence-electron chi connectivity index (χ1n) is 6.63. The van der Waals surface area contributed by atoms with E-state index in [0.717, 1.165) is 18.9 Å². The molecule has 0 saturated heterocycles. The molecule has 0 unspecified atom stereocenters. The minimum absolute atomic E-state index is 0.0525. The third-order valence-corrected chi connectivity index (χ3v) is 3.36. The zero-order valence-electron chi connectivity index (χ0n) is 11.6. The van der Waals surface area contributed by atoms with Crippen molar-refractivity contribution in [3.05, 3.63) is 49.8 Å². The molecule has 0 saturated carbocycles. The third kappa shape index (κ3) is 2.84. The summed E-state index contributed by atoms with van der Waals surface area (Å²) in [5, 5.41) is 33.4. The summed E-state index contributed by atoms with van der Waals surface area (Å²) in [7, 11) is 0. The molecule has 1 N–H and O–H groups in total. The molecule has 1 aliphatic carbocycles. The van der Waals surface area contributed by atoms with Crippen molar-refractivity contribution in [3.8, 4) is 0 Å². The zero-order chi connectivity index (χ0) is 16.4. The molecule has 11 heteroatoms. The van der Waals surface area contributed by atoms with Crippen LogP contribution in [0.5, 0.6) is 0 Å². The molecular formula is C12H10N6O5. The molecule has 0 spiro atoms. The van der Waals surface area contributed by atoms with Gasteiger partial charge in [0.1, 0.15) is 11.4 Å². The van der Waals surface area contributed by atoms with E-state index < -0.39 is 15.5 Å². The van der Waals surface area contributed by atoms with Crippen LogP contribution in [-0.2, 0) is 6.42 Å². The summed E-state index contributed by atoms with van der Waals surface area (Å²) in [5.41, 5.74) is 3.61. The first-order chi connectivity index (χ1) is 11.1. The highest BCUT2D eigenvalue weighted by Gasteiger charge is 2.23. The number of hydrogen-bond acceptors (Lipinski definition) is 9. The molecule has 1 aromatic heterocycles. The summed E-state index contributed by atoms with van der Waals surface area (Å²) >= 11 is 0. The van der Waals surface area contributed by atoms with E-state index in [1.807, 2.05) is 0 Å². The summed E-state index contributed by atoms with van der Waals surface area (Å²) in [6, 6.07) is 3.29. The number of nitrogens with one attached hydrogen (secondary N) is 1. The van der Waals surface area contributed by atoms with Crippen molar-refractivity contribution < 1.29 is 14.5 Å². The summed E-state index contributed by atoms with van der Waals surface area (Å²) in [6.07, 6.45) is 2.16. The number of hydrazone groups is 1.